The van der Waals surface area contributed by atoms with E-state index in [1.165, 1.54) is 51.4 Å². The Bertz CT molecular complexity index is 113. The Morgan fingerprint density at radius 1 is 0.786 bits per heavy atom. The summed E-state index contributed by atoms with van der Waals surface area (Å²) in [5.74, 6) is 0. The molecule has 0 aromatic carbocycles. The molecule has 85 valence electrons. The van der Waals surface area contributed by atoms with E-state index < -0.39 is 0 Å². The smallest absolute Gasteiger partial charge is 0.0267 e. The summed E-state index contributed by atoms with van der Waals surface area (Å²) in [6.07, 6.45) is 12.0. The fraction of sp³-hybridized carbons (Fsp3) is 1.00. The Morgan fingerprint density at radius 3 is 1.64 bits per heavy atom. The van der Waals surface area contributed by atoms with E-state index in [2.05, 4.69) is 6.92 Å². The van der Waals surface area contributed by atoms with Gasteiger partial charge in [0.1, 0.15) is 0 Å². The molecule has 0 heterocycles. The molecule has 0 atom stereocenters. The highest BCUT2D eigenvalue weighted by molar-refractivity contribution is 4.69. The van der Waals surface area contributed by atoms with Crippen LogP contribution < -0.4 is 5.73 Å². The van der Waals surface area contributed by atoms with E-state index in [1.54, 1.807) is 0 Å². The van der Waals surface area contributed by atoms with Crippen LogP contribution in [0.2, 0.25) is 0 Å². The van der Waals surface area contributed by atoms with E-state index in [1.807, 2.05) is 13.8 Å². The molecule has 1 heteroatoms. The molecular formula is C13H28N. The van der Waals surface area contributed by atoms with E-state index in [0.717, 1.165) is 6.42 Å². The number of unbranched alkanes of at least 4 members (excludes halogenated alkanes) is 7. The molecule has 0 aromatic rings. The van der Waals surface area contributed by atoms with Gasteiger partial charge >= 0.3 is 0 Å². The summed E-state index contributed by atoms with van der Waals surface area (Å²) in [4.78, 5) is 0. The van der Waals surface area contributed by atoms with Crippen molar-refractivity contribution in [3.63, 3.8) is 0 Å². The Kier molecular flexibility index (Phi) is 8.26. The molecule has 0 fully saturated rings. The van der Waals surface area contributed by atoms with E-state index in [0.29, 0.717) is 0 Å². The van der Waals surface area contributed by atoms with Crippen molar-refractivity contribution in [1.29, 1.82) is 0 Å². The van der Waals surface area contributed by atoms with Crippen molar-refractivity contribution in [2.24, 2.45) is 0 Å². The third kappa shape index (κ3) is 12.0. The zero-order valence-electron chi connectivity index (χ0n) is 10.4. The van der Waals surface area contributed by atoms with Crippen LogP contribution in [-0.2, 0) is 0 Å². The van der Waals surface area contributed by atoms with E-state index >= 15 is 0 Å². The Labute approximate surface area is 90.5 Å². The van der Waals surface area contributed by atoms with Crippen LogP contribution in [0.1, 0.15) is 78.6 Å². The van der Waals surface area contributed by atoms with Crippen molar-refractivity contribution in [3.05, 3.63) is 0 Å². The van der Waals surface area contributed by atoms with Gasteiger partial charge in [0, 0.05) is 5.54 Å². The lowest BCUT2D eigenvalue weighted by atomic mass is 9.97. The van der Waals surface area contributed by atoms with Crippen LogP contribution in [0, 0.1) is 0 Å². The minimum Gasteiger partial charge on any atom is -0.252 e. The van der Waals surface area contributed by atoms with Crippen LogP contribution in [0.3, 0.4) is 0 Å². The van der Waals surface area contributed by atoms with Gasteiger partial charge in [0.05, 0.1) is 0 Å². The fourth-order valence-electron chi connectivity index (χ4n) is 1.70. The van der Waals surface area contributed by atoms with Gasteiger partial charge in [0.2, 0.25) is 0 Å². The molecule has 0 bridgehead atoms. The molecule has 0 unspecified atom stereocenters. The van der Waals surface area contributed by atoms with Crippen LogP contribution in [0.4, 0.5) is 0 Å². The molecule has 0 saturated carbocycles. The Balaban J connectivity index is 2.99. The molecular weight excluding hydrogens is 170 g/mol. The average Bonchev–Trinajstić information content (AvgIpc) is 2.08. The first-order valence-corrected chi connectivity index (χ1v) is 6.31. The van der Waals surface area contributed by atoms with Crippen molar-refractivity contribution < 1.29 is 0 Å². The van der Waals surface area contributed by atoms with Gasteiger partial charge in [-0.05, 0) is 20.3 Å². The van der Waals surface area contributed by atoms with Crippen LogP contribution in [0.25, 0.3) is 0 Å². The van der Waals surface area contributed by atoms with Gasteiger partial charge in [-0.3, -0.25) is 5.73 Å². The van der Waals surface area contributed by atoms with Crippen molar-refractivity contribution in [2.75, 3.05) is 0 Å². The summed E-state index contributed by atoms with van der Waals surface area (Å²) < 4.78 is 0. The zero-order chi connectivity index (χ0) is 10.9. The van der Waals surface area contributed by atoms with E-state index in [-0.39, 0.29) is 5.54 Å². The van der Waals surface area contributed by atoms with Gasteiger partial charge in [-0.2, -0.15) is 0 Å². The number of rotatable bonds is 9. The molecule has 1 N–H and O–H groups in total. The fourth-order valence-corrected chi connectivity index (χ4v) is 1.70. The predicted octanol–water partition coefficient (Wildman–Crippen LogP) is 4.58. The second kappa shape index (κ2) is 8.28. The molecule has 0 aliphatic rings. The van der Waals surface area contributed by atoms with Gasteiger partial charge in [-0.15, -0.1) is 0 Å². The van der Waals surface area contributed by atoms with Crippen molar-refractivity contribution in [1.82, 2.24) is 5.73 Å². The Hall–Kier alpha value is -0.0400. The lowest BCUT2D eigenvalue weighted by Gasteiger charge is -2.16. The minimum absolute atomic E-state index is 0.206. The van der Waals surface area contributed by atoms with Crippen molar-refractivity contribution >= 4 is 0 Å². The monoisotopic (exact) mass is 198 g/mol. The molecule has 1 nitrogen and oxygen atoms in total. The van der Waals surface area contributed by atoms with Gasteiger partial charge in [-0.25, -0.2) is 0 Å². The summed E-state index contributed by atoms with van der Waals surface area (Å²) in [5, 5.41) is 0. The molecule has 0 aliphatic heterocycles. The Morgan fingerprint density at radius 2 is 1.21 bits per heavy atom. The van der Waals surface area contributed by atoms with Gasteiger partial charge in [0.15, 0.2) is 0 Å². The van der Waals surface area contributed by atoms with Gasteiger partial charge < -0.3 is 0 Å². The molecule has 14 heavy (non-hydrogen) atoms. The molecule has 0 aliphatic carbocycles. The third-order valence-corrected chi connectivity index (χ3v) is 2.66. The third-order valence-electron chi connectivity index (χ3n) is 2.66. The van der Waals surface area contributed by atoms with Crippen LogP contribution in [0.15, 0.2) is 0 Å². The van der Waals surface area contributed by atoms with Crippen LogP contribution in [0.5, 0.6) is 0 Å². The van der Waals surface area contributed by atoms with Crippen LogP contribution in [-0.4, -0.2) is 5.54 Å². The van der Waals surface area contributed by atoms with Crippen molar-refractivity contribution in [2.45, 2.75) is 84.1 Å². The average molecular weight is 198 g/mol. The second-order valence-electron chi connectivity index (χ2n) is 5.11. The maximum atomic E-state index is 7.70. The highest BCUT2D eigenvalue weighted by Gasteiger charge is 2.09. The van der Waals surface area contributed by atoms with E-state index in [4.69, 9.17) is 5.73 Å². The summed E-state index contributed by atoms with van der Waals surface area (Å²) in [6, 6.07) is 0. The minimum atomic E-state index is -0.206. The predicted molar refractivity (Wildman–Crippen MR) is 64.4 cm³/mol. The van der Waals surface area contributed by atoms with E-state index in [9.17, 15) is 0 Å². The molecule has 0 amide bonds. The topological polar surface area (TPSA) is 23.8 Å². The second-order valence-corrected chi connectivity index (χ2v) is 5.11. The molecule has 0 saturated heterocycles. The maximum absolute atomic E-state index is 7.70. The highest BCUT2D eigenvalue weighted by Crippen LogP contribution is 2.14. The molecule has 0 spiro atoms. The van der Waals surface area contributed by atoms with Crippen molar-refractivity contribution in [3.8, 4) is 0 Å². The zero-order valence-corrected chi connectivity index (χ0v) is 10.4. The summed E-state index contributed by atoms with van der Waals surface area (Å²) in [7, 11) is 0. The highest BCUT2D eigenvalue weighted by atomic mass is 14.7. The normalized spacial score (nSPS) is 12.0. The maximum Gasteiger partial charge on any atom is 0.0267 e. The lowest BCUT2D eigenvalue weighted by Crippen LogP contribution is -2.20. The first-order chi connectivity index (χ1) is 6.56. The quantitative estimate of drug-likeness (QED) is 0.484. The molecule has 0 rings (SSSR count). The number of hydrogen-bond acceptors (Lipinski definition) is 0. The number of hydrogen-bond donors (Lipinski definition) is 0. The number of nitrogens with one attached hydrogen (secondary N) is 1. The lowest BCUT2D eigenvalue weighted by molar-refractivity contribution is 0.427. The van der Waals surface area contributed by atoms with Crippen LogP contribution >= 0.6 is 0 Å². The first-order valence-electron chi connectivity index (χ1n) is 6.31. The molecule has 1 radical (unpaired) electrons. The van der Waals surface area contributed by atoms with Gasteiger partial charge in [-0.1, -0.05) is 58.3 Å². The summed E-state index contributed by atoms with van der Waals surface area (Å²) in [5.41, 5.74) is 7.50. The molecule has 0 aromatic heterocycles. The first kappa shape index (κ1) is 14.0. The summed E-state index contributed by atoms with van der Waals surface area (Å²) >= 11 is 0. The standard InChI is InChI=1S/C13H28N/c1-4-5-6-7-8-9-10-11-12-13(2,3)14/h14H,4-12H2,1-3H3. The SMILES string of the molecule is CCCCCCCCCCC(C)(C)[NH]. The summed E-state index contributed by atoms with van der Waals surface area (Å²) in [6.45, 7) is 6.28. The largest absolute Gasteiger partial charge is 0.252 e. The van der Waals surface area contributed by atoms with Gasteiger partial charge in [0.25, 0.3) is 0 Å².